The lowest BCUT2D eigenvalue weighted by molar-refractivity contribution is 0.168. The second-order valence-electron chi connectivity index (χ2n) is 6.04. The van der Waals surface area contributed by atoms with Gasteiger partial charge in [-0.25, -0.2) is 0 Å². The van der Waals surface area contributed by atoms with Gasteiger partial charge in [0.1, 0.15) is 0 Å². The molecule has 19 heavy (non-hydrogen) atoms. The van der Waals surface area contributed by atoms with E-state index in [2.05, 4.69) is 27.3 Å². The Morgan fingerprint density at radius 3 is 2.79 bits per heavy atom. The van der Waals surface area contributed by atoms with E-state index < -0.39 is 0 Å². The molecule has 0 spiro atoms. The van der Waals surface area contributed by atoms with Crippen LogP contribution in [-0.2, 0) is 0 Å². The molecule has 0 radical (unpaired) electrons. The average molecular weight is 259 g/mol. The Balaban J connectivity index is 1.46. The lowest BCUT2D eigenvalue weighted by Gasteiger charge is -2.35. The molecular formula is C16H25N3. The summed E-state index contributed by atoms with van der Waals surface area (Å²) in [4.78, 5) is 7.18. The van der Waals surface area contributed by atoms with Crippen LogP contribution in [0.4, 0.5) is 0 Å². The predicted octanol–water partition coefficient (Wildman–Crippen LogP) is 2.26. The number of hydrogen-bond donors (Lipinski definition) is 1. The van der Waals surface area contributed by atoms with Crippen LogP contribution < -0.4 is 5.32 Å². The third-order valence-electron chi connectivity index (χ3n) is 4.61. The van der Waals surface area contributed by atoms with Gasteiger partial charge in [0.15, 0.2) is 0 Å². The van der Waals surface area contributed by atoms with Crippen LogP contribution in [0.5, 0.6) is 0 Å². The summed E-state index contributed by atoms with van der Waals surface area (Å²) in [5.41, 5.74) is 1.29. The van der Waals surface area contributed by atoms with Crippen molar-refractivity contribution in [1.82, 2.24) is 15.2 Å². The van der Waals surface area contributed by atoms with Crippen molar-refractivity contribution in [2.75, 3.05) is 32.7 Å². The molecular weight excluding hydrogens is 234 g/mol. The van der Waals surface area contributed by atoms with Crippen molar-refractivity contribution in [2.24, 2.45) is 5.92 Å². The van der Waals surface area contributed by atoms with Gasteiger partial charge in [0, 0.05) is 24.4 Å². The van der Waals surface area contributed by atoms with Crippen molar-refractivity contribution >= 4 is 0 Å². The van der Waals surface area contributed by atoms with E-state index >= 15 is 0 Å². The van der Waals surface area contributed by atoms with Gasteiger partial charge in [-0.1, -0.05) is 6.07 Å². The van der Waals surface area contributed by atoms with Gasteiger partial charge in [0.2, 0.25) is 0 Å². The maximum absolute atomic E-state index is 4.51. The van der Waals surface area contributed by atoms with Gasteiger partial charge in [-0.2, -0.15) is 0 Å². The van der Waals surface area contributed by atoms with Crippen LogP contribution in [-0.4, -0.2) is 42.6 Å². The van der Waals surface area contributed by atoms with Gasteiger partial charge in [-0.05, 0) is 69.9 Å². The number of rotatable bonds is 3. The minimum Gasteiger partial charge on any atom is -0.316 e. The van der Waals surface area contributed by atoms with Crippen molar-refractivity contribution in [3.05, 3.63) is 30.1 Å². The molecule has 1 atom stereocenters. The molecule has 2 saturated heterocycles. The van der Waals surface area contributed by atoms with Crippen molar-refractivity contribution in [1.29, 1.82) is 0 Å². The van der Waals surface area contributed by atoms with Crippen molar-refractivity contribution < 1.29 is 0 Å². The Hall–Kier alpha value is -0.930. The summed E-state index contributed by atoms with van der Waals surface area (Å²) in [6.45, 7) is 6.23. The van der Waals surface area contributed by atoms with Crippen molar-refractivity contribution in [3.63, 3.8) is 0 Å². The molecule has 0 bridgehead atoms. The fourth-order valence-corrected chi connectivity index (χ4v) is 3.47. The van der Waals surface area contributed by atoms with Crippen LogP contribution in [0.25, 0.3) is 0 Å². The fourth-order valence-electron chi connectivity index (χ4n) is 3.47. The highest BCUT2D eigenvalue weighted by Crippen LogP contribution is 2.27. The predicted molar refractivity (Wildman–Crippen MR) is 78.2 cm³/mol. The SMILES string of the molecule is c1ccc(C2CCN(CC3CCCNC3)CC2)nc1. The number of nitrogens with zero attached hydrogens (tertiary/aromatic N) is 2. The summed E-state index contributed by atoms with van der Waals surface area (Å²) in [5, 5.41) is 3.52. The third kappa shape index (κ3) is 3.54. The van der Waals surface area contributed by atoms with Gasteiger partial charge < -0.3 is 10.2 Å². The molecule has 0 aromatic carbocycles. The molecule has 2 fully saturated rings. The van der Waals surface area contributed by atoms with Crippen LogP contribution >= 0.6 is 0 Å². The normalized spacial score (nSPS) is 26.4. The zero-order valence-electron chi connectivity index (χ0n) is 11.7. The quantitative estimate of drug-likeness (QED) is 0.902. The van der Waals surface area contributed by atoms with E-state index in [1.165, 1.54) is 64.1 Å². The highest BCUT2D eigenvalue weighted by Gasteiger charge is 2.23. The Bertz CT molecular complexity index is 365. The number of likely N-dealkylation sites (tertiary alicyclic amines) is 1. The highest BCUT2D eigenvalue weighted by molar-refractivity contribution is 5.10. The first-order valence-electron chi connectivity index (χ1n) is 7.76. The molecule has 3 nitrogen and oxygen atoms in total. The third-order valence-corrected chi connectivity index (χ3v) is 4.61. The molecule has 3 heteroatoms. The number of hydrogen-bond acceptors (Lipinski definition) is 3. The molecule has 3 heterocycles. The Kier molecular flexibility index (Phi) is 4.46. The maximum Gasteiger partial charge on any atom is 0.0435 e. The zero-order chi connectivity index (χ0) is 12.9. The largest absolute Gasteiger partial charge is 0.316 e. The molecule has 1 N–H and O–H groups in total. The lowest BCUT2D eigenvalue weighted by atomic mass is 9.91. The Labute approximate surface area is 116 Å². The number of pyridine rings is 1. The van der Waals surface area contributed by atoms with Crippen molar-refractivity contribution in [2.45, 2.75) is 31.6 Å². The summed E-state index contributed by atoms with van der Waals surface area (Å²) in [6.07, 6.45) is 7.24. The van der Waals surface area contributed by atoms with Crippen molar-refractivity contribution in [3.8, 4) is 0 Å². The first kappa shape index (κ1) is 13.1. The summed E-state index contributed by atoms with van der Waals surface area (Å²) < 4.78 is 0. The zero-order valence-corrected chi connectivity index (χ0v) is 11.7. The maximum atomic E-state index is 4.51. The fraction of sp³-hybridized carbons (Fsp3) is 0.688. The minimum atomic E-state index is 0.682. The molecule has 2 aliphatic rings. The first-order chi connectivity index (χ1) is 9.42. The Morgan fingerprint density at radius 1 is 1.21 bits per heavy atom. The monoisotopic (exact) mass is 259 g/mol. The van der Waals surface area contributed by atoms with Gasteiger partial charge in [0.05, 0.1) is 0 Å². The molecule has 1 unspecified atom stereocenters. The molecule has 104 valence electrons. The van der Waals surface area contributed by atoms with Gasteiger partial charge in [0.25, 0.3) is 0 Å². The van der Waals surface area contributed by atoms with Crippen LogP contribution in [0.2, 0.25) is 0 Å². The molecule has 1 aromatic heterocycles. The summed E-state index contributed by atoms with van der Waals surface area (Å²) in [7, 11) is 0. The molecule has 0 saturated carbocycles. The van der Waals surface area contributed by atoms with E-state index in [-0.39, 0.29) is 0 Å². The molecule has 2 aliphatic heterocycles. The van der Waals surface area contributed by atoms with Crippen LogP contribution in [0.15, 0.2) is 24.4 Å². The van der Waals surface area contributed by atoms with Crippen LogP contribution in [0, 0.1) is 5.92 Å². The topological polar surface area (TPSA) is 28.2 Å². The smallest absolute Gasteiger partial charge is 0.0435 e. The molecule has 1 aromatic rings. The Morgan fingerprint density at radius 2 is 2.11 bits per heavy atom. The number of aromatic nitrogens is 1. The van der Waals surface area contributed by atoms with E-state index in [4.69, 9.17) is 0 Å². The lowest BCUT2D eigenvalue weighted by Crippen LogP contribution is -2.41. The van der Waals surface area contributed by atoms with E-state index in [0.717, 1.165) is 5.92 Å². The van der Waals surface area contributed by atoms with Crippen LogP contribution in [0.3, 0.4) is 0 Å². The van der Waals surface area contributed by atoms with Gasteiger partial charge >= 0.3 is 0 Å². The number of piperidine rings is 2. The van der Waals surface area contributed by atoms with Crippen LogP contribution in [0.1, 0.15) is 37.3 Å². The van der Waals surface area contributed by atoms with Gasteiger partial charge in [-0.15, -0.1) is 0 Å². The second-order valence-corrected chi connectivity index (χ2v) is 6.04. The summed E-state index contributed by atoms with van der Waals surface area (Å²) in [6, 6.07) is 6.31. The average Bonchev–Trinajstić information content (AvgIpc) is 2.50. The van der Waals surface area contributed by atoms with E-state index in [1.54, 1.807) is 0 Å². The minimum absolute atomic E-state index is 0.682. The van der Waals surface area contributed by atoms with E-state index in [9.17, 15) is 0 Å². The van der Waals surface area contributed by atoms with Gasteiger partial charge in [-0.3, -0.25) is 4.98 Å². The standard InChI is InChI=1S/C16H25N3/c1-2-9-18-16(5-1)15-6-10-19(11-7-15)13-14-4-3-8-17-12-14/h1-2,5,9,14-15,17H,3-4,6-8,10-13H2. The summed E-state index contributed by atoms with van der Waals surface area (Å²) in [5.74, 6) is 1.56. The first-order valence-corrected chi connectivity index (χ1v) is 7.76. The highest BCUT2D eigenvalue weighted by atomic mass is 15.1. The molecule has 0 aliphatic carbocycles. The summed E-state index contributed by atoms with van der Waals surface area (Å²) >= 11 is 0. The molecule has 3 rings (SSSR count). The van der Waals surface area contributed by atoms with E-state index in [0.29, 0.717) is 5.92 Å². The second kappa shape index (κ2) is 6.49. The molecule has 0 amide bonds. The number of nitrogens with one attached hydrogen (secondary N) is 1. The van der Waals surface area contributed by atoms with E-state index in [1.807, 2.05) is 12.3 Å².